The molecule has 0 bridgehead atoms. The second-order valence-corrected chi connectivity index (χ2v) is 6.37. The first-order valence-electron chi connectivity index (χ1n) is 9.97. The first-order valence-corrected chi connectivity index (χ1v) is 10.8. The Morgan fingerprint density at radius 2 is 1.69 bits per heavy atom. The summed E-state index contributed by atoms with van der Waals surface area (Å²) in [5.74, 6) is -0.158. The normalized spacial score (nSPS) is 10.3. The van der Waals surface area contributed by atoms with Crippen molar-refractivity contribution >= 4 is 32.8 Å². The van der Waals surface area contributed by atoms with Gasteiger partial charge in [-0.2, -0.15) is 0 Å². The summed E-state index contributed by atoms with van der Waals surface area (Å²) < 4.78 is 12.2. The van der Waals surface area contributed by atoms with E-state index < -0.39 is 11.4 Å². The highest BCUT2D eigenvalue weighted by Gasteiger charge is 2.19. The molecule has 166 valence electrons. The maximum atomic E-state index is 12.5. The van der Waals surface area contributed by atoms with Crippen molar-refractivity contribution in [3.63, 3.8) is 0 Å². The molecule has 2 rings (SSSR count). The standard InChI is InChI=1S/C15H16BrNO5.C3H8.2C2H6/c1-8(7-18)17-6-10(15(20)22-3)14(19)9-4-11(16)13(21-2)5-12(9)17;1-3-2;2*1-2/h4-6,8,18H,7H2,1-3H3;3H2,1-2H3;2*1-2H3. The van der Waals surface area contributed by atoms with Crippen molar-refractivity contribution in [1.29, 1.82) is 0 Å². The van der Waals surface area contributed by atoms with Gasteiger partial charge in [-0.1, -0.05) is 48.0 Å². The number of rotatable bonds is 4. The van der Waals surface area contributed by atoms with Crippen LogP contribution in [0.4, 0.5) is 0 Å². The van der Waals surface area contributed by atoms with Gasteiger partial charge in [0, 0.05) is 17.6 Å². The van der Waals surface area contributed by atoms with Gasteiger partial charge in [-0.3, -0.25) is 4.79 Å². The average molecular weight is 474 g/mol. The zero-order valence-electron chi connectivity index (χ0n) is 19.1. The van der Waals surface area contributed by atoms with Crippen molar-refractivity contribution in [1.82, 2.24) is 4.57 Å². The number of fused-ring (bicyclic) bond motifs is 1. The first-order chi connectivity index (χ1) is 13.9. The van der Waals surface area contributed by atoms with Crippen LogP contribution in [0.1, 0.15) is 71.3 Å². The number of benzene rings is 1. The molecule has 2 aromatic rings. The van der Waals surface area contributed by atoms with E-state index in [4.69, 9.17) is 4.74 Å². The molecule has 0 amide bonds. The number of pyridine rings is 1. The summed E-state index contributed by atoms with van der Waals surface area (Å²) in [4.78, 5) is 24.3. The van der Waals surface area contributed by atoms with Crippen LogP contribution in [0, 0.1) is 0 Å². The highest BCUT2D eigenvalue weighted by molar-refractivity contribution is 9.10. The van der Waals surface area contributed by atoms with Crippen molar-refractivity contribution in [2.24, 2.45) is 0 Å². The van der Waals surface area contributed by atoms with E-state index in [9.17, 15) is 14.7 Å². The van der Waals surface area contributed by atoms with Crippen molar-refractivity contribution in [2.45, 2.75) is 60.9 Å². The molecular formula is C22H36BrNO5. The molecule has 0 aliphatic heterocycles. The Bertz CT molecular complexity index is 802. The lowest BCUT2D eigenvalue weighted by Crippen LogP contribution is -2.22. The molecule has 1 atom stereocenters. The van der Waals surface area contributed by atoms with Gasteiger partial charge in [0.25, 0.3) is 0 Å². The van der Waals surface area contributed by atoms with Gasteiger partial charge in [-0.25, -0.2) is 4.79 Å². The van der Waals surface area contributed by atoms with Crippen LogP contribution in [0.15, 0.2) is 27.6 Å². The predicted octanol–water partition coefficient (Wildman–Crippen LogP) is 5.58. The van der Waals surface area contributed by atoms with Crippen LogP contribution in [0.5, 0.6) is 5.75 Å². The fraction of sp³-hybridized carbons (Fsp3) is 0.545. The second kappa shape index (κ2) is 16.0. The lowest BCUT2D eigenvalue weighted by atomic mass is 10.1. The topological polar surface area (TPSA) is 77.8 Å². The van der Waals surface area contributed by atoms with E-state index in [1.54, 1.807) is 23.6 Å². The summed E-state index contributed by atoms with van der Waals surface area (Å²) in [6.07, 6.45) is 2.66. The van der Waals surface area contributed by atoms with E-state index in [1.807, 2.05) is 27.7 Å². The van der Waals surface area contributed by atoms with E-state index in [0.717, 1.165) is 0 Å². The van der Waals surface area contributed by atoms with Crippen molar-refractivity contribution in [3.05, 3.63) is 38.6 Å². The van der Waals surface area contributed by atoms with Crippen LogP contribution in [0.2, 0.25) is 0 Å². The molecule has 0 saturated heterocycles. The molecule has 1 N–H and O–H groups in total. The second-order valence-electron chi connectivity index (χ2n) is 5.51. The quantitative estimate of drug-likeness (QED) is 0.586. The zero-order valence-corrected chi connectivity index (χ0v) is 20.7. The number of carbonyl (C=O) groups excluding carboxylic acids is 1. The van der Waals surface area contributed by atoms with Gasteiger partial charge < -0.3 is 19.1 Å². The minimum atomic E-state index is -0.710. The monoisotopic (exact) mass is 473 g/mol. The molecular weight excluding hydrogens is 438 g/mol. The number of hydrogen-bond donors (Lipinski definition) is 1. The maximum Gasteiger partial charge on any atom is 0.343 e. The molecule has 1 aromatic heterocycles. The van der Waals surface area contributed by atoms with Gasteiger partial charge >= 0.3 is 5.97 Å². The van der Waals surface area contributed by atoms with Gasteiger partial charge in [-0.15, -0.1) is 0 Å². The Balaban J connectivity index is 0. The van der Waals surface area contributed by atoms with Crippen LogP contribution in [-0.2, 0) is 4.74 Å². The fourth-order valence-corrected chi connectivity index (χ4v) is 2.72. The van der Waals surface area contributed by atoms with E-state index in [-0.39, 0.29) is 18.2 Å². The molecule has 0 saturated carbocycles. The van der Waals surface area contributed by atoms with Crippen molar-refractivity contribution in [2.75, 3.05) is 20.8 Å². The van der Waals surface area contributed by atoms with Crippen molar-refractivity contribution in [3.8, 4) is 5.75 Å². The molecule has 0 aliphatic carbocycles. The first kappa shape index (κ1) is 29.3. The number of ether oxygens (including phenoxy) is 2. The molecule has 1 aromatic carbocycles. The summed E-state index contributed by atoms with van der Waals surface area (Å²) >= 11 is 3.33. The minimum absolute atomic E-state index is 0.0765. The Hall–Kier alpha value is -1.86. The molecule has 7 heteroatoms. The number of aromatic nitrogens is 1. The van der Waals surface area contributed by atoms with Gasteiger partial charge in [0.2, 0.25) is 5.43 Å². The number of esters is 1. The third-order valence-corrected chi connectivity index (χ3v) is 4.07. The molecule has 6 nitrogen and oxygen atoms in total. The summed E-state index contributed by atoms with van der Waals surface area (Å²) in [7, 11) is 2.74. The predicted molar refractivity (Wildman–Crippen MR) is 124 cm³/mol. The van der Waals surface area contributed by atoms with Crippen LogP contribution in [-0.4, -0.2) is 36.5 Å². The largest absolute Gasteiger partial charge is 0.495 e. The third-order valence-electron chi connectivity index (χ3n) is 3.45. The Kier molecular flexibility index (Phi) is 16.2. The van der Waals surface area contributed by atoms with Crippen molar-refractivity contribution < 1.29 is 19.4 Å². The molecule has 0 spiro atoms. The number of halogens is 1. The Morgan fingerprint density at radius 1 is 1.17 bits per heavy atom. The van der Waals surface area contributed by atoms with E-state index in [1.165, 1.54) is 26.8 Å². The van der Waals surface area contributed by atoms with Gasteiger partial charge in [0.1, 0.15) is 11.3 Å². The average Bonchev–Trinajstić information content (AvgIpc) is 2.76. The molecule has 29 heavy (non-hydrogen) atoms. The lowest BCUT2D eigenvalue weighted by Gasteiger charge is -2.19. The SMILES string of the molecule is CC.CC.CCC.COC(=O)c1cn(C(C)CO)c2cc(OC)c(Br)cc2c1=O. The molecule has 0 radical (unpaired) electrons. The van der Waals surface area contributed by atoms with Gasteiger partial charge in [0.15, 0.2) is 0 Å². The number of aliphatic hydroxyl groups is 1. The number of methoxy groups -OCH3 is 2. The maximum absolute atomic E-state index is 12.5. The number of carbonyl (C=O) groups is 1. The Morgan fingerprint density at radius 3 is 2.10 bits per heavy atom. The fourth-order valence-electron chi connectivity index (χ4n) is 2.21. The third kappa shape index (κ3) is 7.82. The van der Waals surface area contributed by atoms with E-state index in [2.05, 4.69) is 34.5 Å². The van der Waals surface area contributed by atoms with Crippen LogP contribution >= 0.6 is 15.9 Å². The molecule has 1 heterocycles. The number of hydrogen-bond acceptors (Lipinski definition) is 5. The van der Waals surface area contributed by atoms with Crippen LogP contribution in [0.3, 0.4) is 0 Å². The lowest BCUT2D eigenvalue weighted by molar-refractivity contribution is 0.0598. The summed E-state index contributed by atoms with van der Waals surface area (Å²) in [5, 5.41) is 9.77. The number of aliphatic hydroxyl groups excluding tert-OH is 1. The van der Waals surface area contributed by atoms with E-state index in [0.29, 0.717) is 21.1 Å². The van der Waals surface area contributed by atoms with E-state index >= 15 is 0 Å². The summed E-state index contributed by atoms with van der Waals surface area (Å²) in [6.45, 7) is 13.9. The molecule has 0 fully saturated rings. The highest BCUT2D eigenvalue weighted by Crippen LogP contribution is 2.30. The zero-order chi connectivity index (χ0) is 23.1. The number of nitrogens with zero attached hydrogens (tertiary/aromatic N) is 1. The minimum Gasteiger partial charge on any atom is -0.495 e. The Labute approximate surface area is 183 Å². The van der Waals surface area contributed by atoms with Crippen LogP contribution in [0.25, 0.3) is 10.9 Å². The summed E-state index contributed by atoms with van der Waals surface area (Å²) in [5.41, 5.74) is 0.0678. The smallest absolute Gasteiger partial charge is 0.343 e. The molecule has 0 aliphatic rings. The summed E-state index contributed by atoms with van der Waals surface area (Å²) in [6, 6.07) is 2.97. The van der Waals surface area contributed by atoms with Gasteiger partial charge in [-0.05, 0) is 28.9 Å². The van der Waals surface area contributed by atoms with Gasteiger partial charge in [0.05, 0.1) is 36.9 Å². The molecule has 1 unspecified atom stereocenters. The van der Waals surface area contributed by atoms with Crippen LogP contribution < -0.4 is 10.2 Å². The highest BCUT2D eigenvalue weighted by atomic mass is 79.9.